The van der Waals surface area contributed by atoms with Gasteiger partial charge in [-0.25, -0.2) is 0 Å². The fourth-order valence-corrected chi connectivity index (χ4v) is 2.37. The molecule has 2 rings (SSSR count). The number of carbonyl (C=O) groups is 1. The second-order valence-electron chi connectivity index (χ2n) is 4.73. The number of amides is 1. The largest absolute Gasteiger partial charge is 0.390 e. The van der Waals surface area contributed by atoms with E-state index in [4.69, 9.17) is 5.11 Å². The van der Waals surface area contributed by atoms with Crippen LogP contribution in [0.5, 0.6) is 0 Å². The molecule has 1 aliphatic heterocycles. The van der Waals surface area contributed by atoms with Crippen LogP contribution in [0.2, 0.25) is 0 Å². The number of aryl methyl sites for hydroxylation is 2. The SMILES string of the molecule is Cc1c[c-]c(N2CCN(C(=O)CO)CC2)c(C)c1.[Y]. The number of aliphatic hydroxyl groups excluding tert-OH is 1. The predicted molar refractivity (Wildman–Crippen MR) is 70.6 cm³/mol. The summed E-state index contributed by atoms with van der Waals surface area (Å²) in [4.78, 5) is 15.3. The first-order chi connectivity index (χ1) is 8.61. The molecule has 1 aromatic rings. The number of hydrogen-bond donors (Lipinski definition) is 1. The molecule has 0 aliphatic carbocycles. The third kappa shape index (κ3) is 4.01. The van der Waals surface area contributed by atoms with Gasteiger partial charge in [0.05, 0.1) is 0 Å². The Kier molecular flexibility index (Phi) is 6.44. The Labute approximate surface area is 139 Å². The second kappa shape index (κ2) is 7.37. The normalized spacial score (nSPS) is 15.1. The number of benzene rings is 1. The number of aliphatic hydroxyl groups is 1. The Bertz CT molecular complexity index is 443. The van der Waals surface area contributed by atoms with E-state index >= 15 is 0 Å². The summed E-state index contributed by atoms with van der Waals surface area (Å²) in [5.41, 5.74) is 3.55. The van der Waals surface area contributed by atoms with E-state index in [1.165, 1.54) is 11.1 Å². The van der Waals surface area contributed by atoms with Crippen LogP contribution in [0, 0.1) is 19.9 Å². The fourth-order valence-electron chi connectivity index (χ4n) is 2.37. The number of anilines is 1. The average molecular weight is 336 g/mol. The molecule has 5 heteroatoms. The molecular weight excluding hydrogens is 317 g/mol. The van der Waals surface area contributed by atoms with E-state index in [1.807, 2.05) is 6.07 Å². The maximum Gasteiger partial charge on any atom is 0.248 e. The second-order valence-corrected chi connectivity index (χ2v) is 4.73. The van der Waals surface area contributed by atoms with Crippen molar-refractivity contribution in [3.8, 4) is 0 Å². The van der Waals surface area contributed by atoms with Crippen LogP contribution in [0.15, 0.2) is 12.1 Å². The van der Waals surface area contributed by atoms with Crippen molar-refractivity contribution < 1.29 is 42.6 Å². The minimum atomic E-state index is -0.393. The number of piperazine rings is 1. The summed E-state index contributed by atoms with van der Waals surface area (Å²) >= 11 is 0. The number of rotatable bonds is 2. The first-order valence-electron chi connectivity index (χ1n) is 6.24. The van der Waals surface area contributed by atoms with Gasteiger partial charge in [0, 0.05) is 58.9 Å². The number of hydrogen-bond acceptors (Lipinski definition) is 3. The van der Waals surface area contributed by atoms with Crippen molar-refractivity contribution in [3.63, 3.8) is 0 Å². The molecule has 1 heterocycles. The van der Waals surface area contributed by atoms with E-state index < -0.39 is 6.61 Å². The van der Waals surface area contributed by atoms with Crippen molar-refractivity contribution in [1.29, 1.82) is 0 Å². The molecule has 0 unspecified atom stereocenters. The molecule has 1 amide bonds. The zero-order valence-electron chi connectivity index (χ0n) is 11.5. The molecular formula is C14H19N2O2Y-. The van der Waals surface area contributed by atoms with Crippen molar-refractivity contribution in [2.75, 3.05) is 37.7 Å². The maximum atomic E-state index is 11.4. The van der Waals surface area contributed by atoms with Gasteiger partial charge in [0.2, 0.25) is 5.91 Å². The number of nitrogens with zero attached hydrogens (tertiary/aromatic N) is 2. The van der Waals surface area contributed by atoms with Crippen molar-refractivity contribution >= 4 is 11.6 Å². The van der Waals surface area contributed by atoms with Crippen LogP contribution in [0.25, 0.3) is 0 Å². The van der Waals surface area contributed by atoms with Crippen LogP contribution in [0.3, 0.4) is 0 Å². The first-order valence-corrected chi connectivity index (χ1v) is 6.24. The summed E-state index contributed by atoms with van der Waals surface area (Å²) in [6.07, 6.45) is 0. The van der Waals surface area contributed by atoms with Crippen LogP contribution in [-0.4, -0.2) is 48.7 Å². The first kappa shape index (κ1) is 16.6. The minimum Gasteiger partial charge on any atom is -0.390 e. The molecule has 1 N–H and O–H groups in total. The topological polar surface area (TPSA) is 43.8 Å². The molecule has 0 aromatic heterocycles. The van der Waals surface area contributed by atoms with Crippen molar-refractivity contribution in [2.45, 2.75) is 13.8 Å². The van der Waals surface area contributed by atoms with Gasteiger partial charge in [-0.3, -0.25) is 4.79 Å². The maximum absolute atomic E-state index is 11.4. The molecule has 1 aromatic carbocycles. The van der Waals surface area contributed by atoms with Gasteiger partial charge in [-0.15, -0.1) is 5.56 Å². The van der Waals surface area contributed by atoms with E-state index in [-0.39, 0.29) is 38.6 Å². The molecule has 0 bridgehead atoms. The van der Waals surface area contributed by atoms with E-state index in [2.05, 4.69) is 30.9 Å². The molecule has 4 nitrogen and oxygen atoms in total. The van der Waals surface area contributed by atoms with Crippen LogP contribution < -0.4 is 4.90 Å². The molecule has 0 spiro atoms. The van der Waals surface area contributed by atoms with Crippen LogP contribution in [-0.2, 0) is 37.5 Å². The minimum absolute atomic E-state index is 0. The van der Waals surface area contributed by atoms with Crippen LogP contribution in [0.1, 0.15) is 11.1 Å². The monoisotopic (exact) mass is 336 g/mol. The summed E-state index contributed by atoms with van der Waals surface area (Å²) in [6.45, 7) is 6.68. The summed E-state index contributed by atoms with van der Waals surface area (Å²) in [5.74, 6) is -0.181. The summed E-state index contributed by atoms with van der Waals surface area (Å²) in [5, 5.41) is 8.83. The van der Waals surface area contributed by atoms with Gasteiger partial charge in [0.15, 0.2) is 0 Å². The van der Waals surface area contributed by atoms with Crippen molar-refractivity contribution in [2.24, 2.45) is 0 Å². The molecule has 0 saturated carbocycles. The van der Waals surface area contributed by atoms with E-state index in [0.717, 1.165) is 18.8 Å². The summed E-state index contributed by atoms with van der Waals surface area (Å²) in [6, 6.07) is 7.45. The molecule has 101 valence electrons. The molecule has 1 aliphatic rings. The third-order valence-corrected chi connectivity index (χ3v) is 3.34. The van der Waals surface area contributed by atoms with Crippen molar-refractivity contribution in [1.82, 2.24) is 4.90 Å². The summed E-state index contributed by atoms with van der Waals surface area (Å²) in [7, 11) is 0. The molecule has 1 saturated heterocycles. The summed E-state index contributed by atoms with van der Waals surface area (Å²) < 4.78 is 0. The van der Waals surface area contributed by atoms with Gasteiger partial charge in [0.25, 0.3) is 0 Å². The zero-order chi connectivity index (χ0) is 13.1. The van der Waals surface area contributed by atoms with Crippen LogP contribution >= 0.6 is 0 Å². The van der Waals surface area contributed by atoms with E-state index in [9.17, 15) is 4.79 Å². The van der Waals surface area contributed by atoms with Crippen molar-refractivity contribution in [3.05, 3.63) is 29.3 Å². The molecule has 1 radical (unpaired) electrons. The van der Waals surface area contributed by atoms with Crippen LogP contribution in [0.4, 0.5) is 5.69 Å². The van der Waals surface area contributed by atoms with Gasteiger partial charge in [-0.05, 0) is 0 Å². The average Bonchev–Trinajstić information content (AvgIpc) is 2.38. The molecule has 0 atom stereocenters. The molecule has 19 heavy (non-hydrogen) atoms. The van der Waals surface area contributed by atoms with Gasteiger partial charge in [-0.2, -0.15) is 23.8 Å². The van der Waals surface area contributed by atoms with E-state index in [0.29, 0.717) is 13.1 Å². The van der Waals surface area contributed by atoms with Gasteiger partial charge < -0.3 is 14.9 Å². The smallest absolute Gasteiger partial charge is 0.248 e. The Morgan fingerprint density at radius 1 is 1.32 bits per heavy atom. The van der Waals surface area contributed by atoms with Gasteiger partial charge >= 0.3 is 0 Å². The van der Waals surface area contributed by atoms with Gasteiger partial charge in [0.1, 0.15) is 6.61 Å². The quantitative estimate of drug-likeness (QED) is 0.811. The Morgan fingerprint density at radius 2 is 1.95 bits per heavy atom. The predicted octanol–water partition coefficient (Wildman–Crippen LogP) is 0.742. The Hall–Kier alpha value is -0.446. The fraction of sp³-hybridized carbons (Fsp3) is 0.500. The Balaban J connectivity index is 0.00000180. The van der Waals surface area contributed by atoms with Gasteiger partial charge in [-0.1, -0.05) is 19.5 Å². The third-order valence-electron chi connectivity index (χ3n) is 3.34. The zero-order valence-corrected chi connectivity index (χ0v) is 14.4. The molecule has 1 fully saturated rings. The standard InChI is InChI=1S/C14H19N2O2.Y/c1-11-3-4-13(12(2)9-11)15-5-7-16(8-6-15)14(18)10-17;/h3,9,17H,5-8,10H2,1-2H3;/q-1;. The van der Waals surface area contributed by atoms with E-state index in [1.54, 1.807) is 4.90 Å². The Morgan fingerprint density at radius 3 is 2.47 bits per heavy atom. The number of carbonyl (C=O) groups excluding carboxylic acids is 1.